The maximum absolute atomic E-state index is 13.4. The summed E-state index contributed by atoms with van der Waals surface area (Å²) < 4.78 is 78.9. The normalized spacial score (nSPS) is 20.9. The summed E-state index contributed by atoms with van der Waals surface area (Å²) in [6.07, 6.45) is -1.05. The SMILES string of the molecule is C#CCCC(=C)C1=NC(=O)SC1=CC1CCN(Cc2ccc(C(F)(F)F)cc2C(F)(F)F)C1. The summed E-state index contributed by atoms with van der Waals surface area (Å²) >= 11 is 0.969. The van der Waals surface area contributed by atoms with Crippen molar-refractivity contribution in [1.29, 1.82) is 0 Å². The van der Waals surface area contributed by atoms with E-state index in [1.165, 1.54) is 0 Å². The maximum Gasteiger partial charge on any atom is 0.416 e. The van der Waals surface area contributed by atoms with Crippen LogP contribution in [0.1, 0.15) is 36.0 Å². The molecule has 0 N–H and O–H groups in total. The molecule has 2 aliphatic rings. The molecule has 3 rings (SSSR count). The van der Waals surface area contributed by atoms with Crippen molar-refractivity contribution in [3.63, 3.8) is 0 Å². The highest BCUT2D eigenvalue weighted by Crippen LogP contribution is 2.39. The second-order valence-electron chi connectivity index (χ2n) is 7.82. The Balaban J connectivity index is 1.73. The van der Waals surface area contributed by atoms with Crippen LogP contribution in [0.4, 0.5) is 31.1 Å². The van der Waals surface area contributed by atoms with E-state index in [9.17, 15) is 31.1 Å². The van der Waals surface area contributed by atoms with E-state index in [-0.39, 0.29) is 29.3 Å². The van der Waals surface area contributed by atoms with E-state index in [0.29, 0.717) is 54.6 Å². The Labute approximate surface area is 191 Å². The first-order valence-electron chi connectivity index (χ1n) is 10.0. The van der Waals surface area contributed by atoms with Gasteiger partial charge in [0.1, 0.15) is 0 Å². The van der Waals surface area contributed by atoms with Crippen LogP contribution < -0.4 is 0 Å². The van der Waals surface area contributed by atoms with Crippen molar-refractivity contribution in [2.45, 2.75) is 38.2 Å². The van der Waals surface area contributed by atoms with Crippen molar-refractivity contribution in [1.82, 2.24) is 4.90 Å². The number of carbonyl (C=O) groups is 1. The second-order valence-corrected chi connectivity index (χ2v) is 8.81. The van der Waals surface area contributed by atoms with Crippen molar-refractivity contribution >= 4 is 22.7 Å². The number of benzene rings is 1. The molecule has 0 bridgehead atoms. The number of alkyl halides is 6. The van der Waals surface area contributed by atoms with Gasteiger partial charge in [-0.1, -0.05) is 18.7 Å². The van der Waals surface area contributed by atoms with Gasteiger partial charge in [0.05, 0.1) is 16.8 Å². The molecule has 2 heterocycles. The summed E-state index contributed by atoms with van der Waals surface area (Å²) in [5.74, 6) is 2.45. The van der Waals surface area contributed by atoms with Crippen LogP contribution in [0.3, 0.4) is 0 Å². The van der Waals surface area contributed by atoms with Gasteiger partial charge in [-0.15, -0.1) is 12.3 Å². The number of allylic oxidation sites excluding steroid dienone is 2. The molecule has 0 saturated carbocycles. The van der Waals surface area contributed by atoms with E-state index in [2.05, 4.69) is 17.5 Å². The van der Waals surface area contributed by atoms with Gasteiger partial charge in [-0.05, 0) is 60.3 Å². The summed E-state index contributed by atoms with van der Waals surface area (Å²) in [4.78, 5) is 18.2. The highest BCUT2D eigenvalue weighted by atomic mass is 32.2. The molecule has 1 amide bonds. The van der Waals surface area contributed by atoms with Gasteiger partial charge in [-0.25, -0.2) is 4.99 Å². The fourth-order valence-electron chi connectivity index (χ4n) is 3.77. The summed E-state index contributed by atoms with van der Waals surface area (Å²) in [5, 5.41) is -0.368. The lowest BCUT2D eigenvalue weighted by Crippen LogP contribution is -2.23. The van der Waals surface area contributed by atoms with E-state index in [0.717, 1.165) is 17.8 Å². The van der Waals surface area contributed by atoms with Crippen LogP contribution in [0.15, 0.2) is 46.3 Å². The largest absolute Gasteiger partial charge is 0.416 e. The standard InChI is InChI=1S/C23H20F6N2OS/c1-3-4-5-14(2)20-19(33-21(32)30-20)10-15-8-9-31(12-15)13-16-6-7-17(22(24,25)26)11-18(16)23(27,28)29/h1,6-7,10-11,15H,2,4-5,8-9,12-13H2. The molecule has 0 spiro atoms. The van der Waals surface area contributed by atoms with Crippen LogP contribution in [0.25, 0.3) is 0 Å². The molecule has 2 aliphatic heterocycles. The lowest BCUT2D eigenvalue weighted by atomic mass is 10.0. The number of halogens is 6. The Kier molecular flexibility index (Phi) is 7.44. The summed E-state index contributed by atoms with van der Waals surface area (Å²) in [5.41, 5.74) is -1.69. The van der Waals surface area contributed by atoms with Gasteiger partial charge in [0.25, 0.3) is 0 Å². The first-order chi connectivity index (χ1) is 15.4. The van der Waals surface area contributed by atoms with E-state index in [1.54, 1.807) is 4.90 Å². The third-order valence-corrected chi connectivity index (χ3v) is 6.19. The van der Waals surface area contributed by atoms with Crippen molar-refractivity contribution < 1.29 is 31.1 Å². The average molecular weight is 486 g/mol. The Bertz CT molecular complexity index is 1050. The first kappa shape index (κ1) is 25.1. The molecule has 0 aromatic heterocycles. The van der Waals surface area contributed by atoms with Gasteiger partial charge in [0.2, 0.25) is 0 Å². The zero-order chi connectivity index (χ0) is 24.4. The number of rotatable bonds is 6. The molecule has 1 unspecified atom stereocenters. The average Bonchev–Trinajstić information content (AvgIpc) is 3.30. The molecular formula is C23H20F6N2OS. The highest BCUT2D eigenvalue weighted by Gasteiger charge is 2.38. The molecule has 1 saturated heterocycles. The van der Waals surface area contributed by atoms with Gasteiger partial charge in [0, 0.05) is 24.4 Å². The summed E-state index contributed by atoms with van der Waals surface area (Å²) in [6.45, 7) is 4.67. The third kappa shape index (κ3) is 6.30. The number of nitrogens with zero attached hydrogens (tertiary/aromatic N) is 2. The second kappa shape index (κ2) is 9.77. The molecular weight excluding hydrogens is 466 g/mol. The number of terminal acetylenes is 1. The molecule has 3 nitrogen and oxygen atoms in total. The Morgan fingerprint density at radius 3 is 2.64 bits per heavy atom. The highest BCUT2D eigenvalue weighted by molar-refractivity contribution is 8.18. The number of hydrogen-bond donors (Lipinski definition) is 0. The number of likely N-dealkylation sites (tertiary alicyclic amines) is 1. The van der Waals surface area contributed by atoms with Gasteiger partial charge in [0.15, 0.2) is 0 Å². The fraction of sp³-hybridized carbons (Fsp3) is 0.391. The van der Waals surface area contributed by atoms with Crippen molar-refractivity contribution in [3.8, 4) is 12.3 Å². The lowest BCUT2D eigenvalue weighted by Gasteiger charge is -2.20. The van der Waals surface area contributed by atoms with Crippen molar-refractivity contribution in [2.75, 3.05) is 13.1 Å². The first-order valence-corrected chi connectivity index (χ1v) is 10.8. The number of amides is 1. The Morgan fingerprint density at radius 2 is 2.00 bits per heavy atom. The van der Waals surface area contributed by atoms with E-state index < -0.39 is 23.5 Å². The summed E-state index contributed by atoms with van der Waals surface area (Å²) in [6, 6.07) is 1.73. The Hall–Kier alpha value is -2.51. The Morgan fingerprint density at radius 1 is 1.27 bits per heavy atom. The molecule has 1 aromatic rings. The van der Waals surface area contributed by atoms with Crippen molar-refractivity contribution in [2.24, 2.45) is 10.9 Å². The zero-order valence-corrected chi connectivity index (χ0v) is 18.2. The molecule has 1 fully saturated rings. The summed E-state index contributed by atoms with van der Waals surface area (Å²) in [7, 11) is 0. The molecule has 0 radical (unpaired) electrons. The molecule has 176 valence electrons. The predicted molar refractivity (Wildman–Crippen MR) is 116 cm³/mol. The monoisotopic (exact) mass is 486 g/mol. The van der Waals surface area contributed by atoms with Gasteiger partial charge in [-0.2, -0.15) is 26.3 Å². The van der Waals surface area contributed by atoms with Crippen LogP contribution in [0, 0.1) is 18.3 Å². The fourth-order valence-corrected chi connectivity index (χ4v) is 4.64. The van der Waals surface area contributed by atoms with Crippen LogP contribution in [0.5, 0.6) is 0 Å². The molecule has 1 aromatic carbocycles. The third-order valence-electron chi connectivity index (χ3n) is 5.37. The molecule has 0 aliphatic carbocycles. The minimum Gasteiger partial charge on any atom is -0.298 e. The van der Waals surface area contributed by atoms with E-state index >= 15 is 0 Å². The lowest BCUT2D eigenvalue weighted by molar-refractivity contribution is -0.143. The maximum atomic E-state index is 13.4. The van der Waals surface area contributed by atoms with Gasteiger partial charge >= 0.3 is 17.6 Å². The van der Waals surface area contributed by atoms with Gasteiger partial charge < -0.3 is 0 Å². The van der Waals surface area contributed by atoms with Crippen LogP contribution in [0.2, 0.25) is 0 Å². The number of hydrogen-bond acceptors (Lipinski definition) is 3. The zero-order valence-electron chi connectivity index (χ0n) is 17.4. The molecule has 33 heavy (non-hydrogen) atoms. The van der Waals surface area contributed by atoms with Gasteiger partial charge in [-0.3, -0.25) is 9.69 Å². The smallest absolute Gasteiger partial charge is 0.298 e. The van der Waals surface area contributed by atoms with E-state index in [1.807, 2.05) is 6.08 Å². The topological polar surface area (TPSA) is 32.7 Å². The van der Waals surface area contributed by atoms with Crippen LogP contribution in [-0.2, 0) is 18.9 Å². The predicted octanol–water partition coefficient (Wildman–Crippen LogP) is 6.71. The minimum atomic E-state index is -4.90. The van der Waals surface area contributed by atoms with Crippen LogP contribution >= 0.6 is 11.8 Å². The molecule has 10 heteroatoms. The van der Waals surface area contributed by atoms with E-state index in [4.69, 9.17) is 6.42 Å². The minimum absolute atomic E-state index is 0.0483. The molecule has 1 atom stereocenters. The quantitative estimate of drug-likeness (QED) is 0.331. The number of thioether (sulfide) groups is 1. The van der Waals surface area contributed by atoms with Crippen LogP contribution in [-0.4, -0.2) is 28.9 Å². The number of carbonyl (C=O) groups excluding carboxylic acids is 1. The number of aliphatic imine (C=N–C) groups is 1. The van der Waals surface area contributed by atoms with Crippen molar-refractivity contribution in [3.05, 3.63) is 58.0 Å².